The van der Waals surface area contributed by atoms with Gasteiger partial charge in [0.2, 0.25) is 0 Å². The number of hydrogen-bond acceptors (Lipinski definition) is 4. The van der Waals surface area contributed by atoms with Crippen molar-refractivity contribution in [3.8, 4) is 0 Å². The Kier molecular flexibility index (Phi) is 4.05. The van der Waals surface area contributed by atoms with Crippen molar-refractivity contribution in [3.63, 3.8) is 0 Å². The van der Waals surface area contributed by atoms with Crippen molar-refractivity contribution in [3.05, 3.63) is 23.6 Å². The zero-order valence-corrected chi connectivity index (χ0v) is 12.2. The normalized spacial score (nSPS) is 24.9. The number of pyridine rings is 1. The van der Waals surface area contributed by atoms with Crippen molar-refractivity contribution in [2.75, 3.05) is 25.0 Å². The van der Waals surface area contributed by atoms with Crippen molar-refractivity contribution >= 4 is 11.7 Å². The number of hydrogen-bond donors (Lipinski definition) is 2. The van der Waals surface area contributed by atoms with Crippen LogP contribution in [0.1, 0.15) is 36.5 Å². The number of rotatable bonds is 4. The third-order valence-corrected chi connectivity index (χ3v) is 4.37. The molecular formula is C15H21FN4O. The molecule has 0 aromatic carbocycles. The summed E-state index contributed by atoms with van der Waals surface area (Å²) >= 11 is 0. The van der Waals surface area contributed by atoms with Gasteiger partial charge in [0.1, 0.15) is 11.6 Å². The molecule has 2 aliphatic heterocycles. The van der Waals surface area contributed by atoms with Crippen LogP contribution >= 0.6 is 0 Å². The molecule has 0 bridgehead atoms. The molecule has 0 spiro atoms. The summed E-state index contributed by atoms with van der Waals surface area (Å²) in [5, 5.41) is 6.07. The maximum atomic E-state index is 13.4. The minimum absolute atomic E-state index is 0.165. The van der Waals surface area contributed by atoms with Gasteiger partial charge in [0.05, 0.1) is 11.8 Å². The van der Waals surface area contributed by atoms with Crippen LogP contribution in [0.25, 0.3) is 0 Å². The second kappa shape index (κ2) is 5.97. The van der Waals surface area contributed by atoms with Gasteiger partial charge < -0.3 is 10.6 Å². The highest BCUT2D eigenvalue weighted by Gasteiger charge is 2.38. The monoisotopic (exact) mass is 292 g/mol. The molecule has 1 aromatic rings. The van der Waals surface area contributed by atoms with Crippen LogP contribution in [0.15, 0.2) is 12.3 Å². The maximum absolute atomic E-state index is 13.4. The lowest BCUT2D eigenvalue weighted by Gasteiger charge is -2.21. The van der Waals surface area contributed by atoms with Crippen LogP contribution in [0, 0.1) is 5.82 Å². The summed E-state index contributed by atoms with van der Waals surface area (Å²) in [6.45, 7) is 4.72. The van der Waals surface area contributed by atoms with Crippen molar-refractivity contribution in [1.82, 2.24) is 15.2 Å². The zero-order chi connectivity index (χ0) is 14.8. The number of fused-ring (bicyclic) bond motifs is 1. The van der Waals surface area contributed by atoms with Gasteiger partial charge in [0, 0.05) is 25.2 Å². The van der Waals surface area contributed by atoms with E-state index in [0.29, 0.717) is 18.4 Å². The summed E-state index contributed by atoms with van der Waals surface area (Å²) in [7, 11) is 0. The highest BCUT2D eigenvalue weighted by Crippen LogP contribution is 2.28. The van der Waals surface area contributed by atoms with Crippen molar-refractivity contribution in [2.24, 2.45) is 0 Å². The highest BCUT2D eigenvalue weighted by atomic mass is 19.1. The first-order valence-electron chi connectivity index (χ1n) is 7.63. The van der Waals surface area contributed by atoms with Crippen LogP contribution in [-0.4, -0.2) is 47.5 Å². The average molecular weight is 292 g/mol. The van der Waals surface area contributed by atoms with Gasteiger partial charge in [-0.05, 0) is 38.8 Å². The predicted molar refractivity (Wildman–Crippen MR) is 78.8 cm³/mol. The molecule has 1 aromatic heterocycles. The molecule has 2 fully saturated rings. The van der Waals surface area contributed by atoms with Crippen LogP contribution in [-0.2, 0) is 0 Å². The Labute approximate surface area is 123 Å². The standard InChI is InChI=1S/C15H21FN4O/c1-2-17-14-11(8-10(16)9-18-14)15(21)19-12-5-7-20-6-3-4-13(12)20/h8-9,12-13H,2-7H2,1H3,(H,17,18)(H,19,21). The molecule has 3 rings (SSSR count). The van der Waals surface area contributed by atoms with Gasteiger partial charge in [-0.2, -0.15) is 0 Å². The smallest absolute Gasteiger partial charge is 0.255 e. The van der Waals surface area contributed by atoms with E-state index in [0.717, 1.165) is 32.1 Å². The molecule has 1 amide bonds. The summed E-state index contributed by atoms with van der Waals surface area (Å²) in [6, 6.07) is 1.86. The van der Waals surface area contributed by atoms with Gasteiger partial charge in [-0.25, -0.2) is 9.37 Å². The Morgan fingerprint density at radius 1 is 1.48 bits per heavy atom. The Morgan fingerprint density at radius 3 is 3.14 bits per heavy atom. The Balaban J connectivity index is 1.74. The first kappa shape index (κ1) is 14.3. The molecule has 0 aliphatic carbocycles. The first-order valence-corrected chi connectivity index (χ1v) is 7.63. The van der Waals surface area contributed by atoms with Crippen molar-refractivity contribution in [1.29, 1.82) is 0 Å². The summed E-state index contributed by atoms with van der Waals surface area (Å²) in [6.07, 6.45) is 4.42. The lowest BCUT2D eigenvalue weighted by atomic mass is 10.1. The minimum atomic E-state index is -0.490. The van der Waals surface area contributed by atoms with E-state index in [9.17, 15) is 9.18 Å². The zero-order valence-electron chi connectivity index (χ0n) is 12.2. The van der Waals surface area contributed by atoms with Gasteiger partial charge >= 0.3 is 0 Å². The third kappa shape index (κ3) is 2.85. The van der Waals surface area contributed by atoms with Crippen LogP contribution in [0.2, 0.25) is 0 Å². The number of anilines is 1. The summed E-state index contributed by atoms with van der Waals surface area (Å²) in [4.78, 5) is 18.9. The molecule has 2 N–H and O–H groups in total. The van der Waals surface area contributed by atoms with Crippen LogP contribution in [0.3, 0.4) is 0 Å². The third-order valence-electron chi connectivity index (χ3n) is 4.37. The van der Waals surface area contributed by atoms with E-state index >= 15 is 0 Å². The SMILES string of the molecule is CCNc1ncc(F)cc1C(=O)NC1CCN2CCCC12. The van der Waals surface area contributed by atoms with Gasteiger partial charge in [0.15, 0.2) is 0 Å². The van der Waals surface area contributed by atoms with E-state index < -0.39 is 5.82 Å². The molecule has 3 heterocycles. The second-order valence-electron chi connectivity index (χ2n) is 5.69. The summed E-state index contributed by atoms with van der Waals surface area (Å²) in [5.74, 6) is -0.287. The van der Waals surface area contributed by atoms with E-state index in [1.807, 2.05) is 6.92 Å². The van der Waals surface area contributed by atoms with Gasteiger partial charge in [-0.3, -0.25) is 9.69 Å². The summed E-state index contributed by atoms with van der Waals surface area (Å²) < 4.78 is 13.4. The fraction of sp³-hybridized carbons (Fsp3) is 0.600. The van der Waals surface area contributed by atoms with Crippen LogP contribution in [0.4, 0.5) is 10.2 Å². The molecule has 6 heteroatoms. The Hall–Kier alpha value is -1.69. The molecule has 0 saturated carbocycles. The second-order valence-corrected chi connectivity index (χ2v) is 5.69. The highest BCUT2D eigenvalue weighted by molar-refractivity contribution is 5.99. The van der Waals surface area contributed by atoms with Crippen molar-refractivity contribution < 1.29 is 9.18 Å². The largest absolute Gasteiger partial charge is 0.370 e. The van der Waals surface area contributed by atoms with Gasteiger partial charge in [0.25, 0.3) is 5.91 Å². The molecule has 21 heavy (non-hydrogen) atoms. The molecule has 2 unspecified atom stereocenters. The maximum Gasteiger partial charge on any atom is 0.255 e. The van der Waals surface area contributed by atoms with Crippen molar-refractivity contribution in [2.45, 2.75) is 38.3 Å². The first-order chi connectivity index (χ1) is 10.2. The van der Waals surface area contributed by atoms with Gasteiger partial charge in [-0.1, -0.05) is 0 Å². The predicted octanol–water partition coefficient (Wildman–Crippen LogP) is 1.62. The Morgan fingerprint density at radius 2 is 2.33 bits per heavy atom. The number of nitrogens with one attached hydrogen (secondary N) is 2. The fourth-order valence-corrected chi connectivity index (χ4v) is 3.42. The fourth-order valence-electron chi connectivity index (χ4n) is 3.42. The molecule has 2 saturated heterocycles. The molecule has 0 radical (unpaired) electrons. The minimum Gasteiger partial charge on any atom is -0.370 e. The topological polar surface area (TPSA) is 57.3 Å². The number of carbonyl (C=O) groups is 1. The molecular weight excluding hydrogens is 271 g/mol. The lowest BCUT2D eigenvalue weighted by molar-refractivity contribution is 0.0929. The average Bonchev–Trinajstić information content (AvgIpc) is 3.06. The number of aromatic nitrogens is 1. The Bertz CT molecular complexity index is 536. The summed E-state index contributed by atoms with van der Waals surface area (Å²) in [5.41, 5.74) is 0.285. The molecule has 114 valence electrons. The number of halogens is 1. The van der Waals surface area contributed by atoms with Crippen LogP contribution in [0.5, 0.6) is 0 Å². The molecule has 2 atom stereocenters. The van der Waals surface area contributed by atoms with E-state index in [1.54, 1.807) is 0 Å². The quantitative estimate of drug-likeness (QED) is 0.885. The molecule has 5 nitrogen and oxygen atoms in total. The van der Waals surface area contributed by atoms with E-state index in [4.69, 9.17) is 0 Å². The van der Waals surface area contributed by atoms with E-state index in [2.05, 4.69) is 20.5 Å². The van der Waals surface area contributed by atoms with E-state index in [1.165, 1.54) is 12.5 Å². The lowest BCUT2D eigenvalue weighted by Crippen LogP contribution is -2.42. The van der Waals surface area contributed by atoms with Crippen LogP contribution < -0.4 is 10.6 Å². The number of nitrogens with zero attached hydrogens (tertiary/aromatic N) is 2. The number of carbonyl (C=O) groups excluding carboxylic acids is 1. The number of amides is 1. The van der Waals surface area contributed by atoms with Gasteiger partial charge in [-0.15, -0.1) is 0 Å². The molecule has 2 aliphatic rings. The van der Waals surface area contributed by atoms with E-state index in [-0.39, 0.29) is 17.5 Å².